The number of hydroxylamine groups is 6. The van der Waals surface area contributed by atoms with Gasteiger partial charge in [0.1, 0.15) is 34.7 Å². The van der Waals surface area contributed by atoms with E-state index in [4.69, 9.17) is 14.7 Å². The number of aromatic hydroxyl groups is 1. The minimum Gasteiger partial charge on any atom is -0.508 e. The number of Topliss-reactive ketones (excluding diaryl/α,β-unsaturated/α-hetero) is 7. The van der Waals surface area contributed by atoms with Crippen molar-refractivity contribution in [1.29, 1.82) is 0 Å². The van der Waals surface area contributed by atoms with Crippen LogP contribution in [0.3, 0.4) is 0 Å². The number of phenolic OH excluding ortho intramolecular Hbond substituents is 1. The summed E-state index contributed by atoms with van der Waals surface area (Å²) in [4.78, 5) is 201. The molecule has 2 rings (SSSR count). The molecule has 15 N–H and O–H groups in total. The van der Waals surface area contributed by atoms with Crippen LogP contribution in [0.5, 0.6) is 5.75 Å². The number of rotatable bonds is 51. The minimum atomic E-state index is -1.58. The van der Waals surface area contributed by atoms with Crippen LogP contribution in [-0.2, 0) is 94.2 Å². The summed E-state index contributed by atoms with van der Waals surface area (Å²) < 4.78 is 10.3. The number of amides is 8. The Balaban J connectivity index is 2.65. The van der Waals surface area contributed by atoms with Gasteiger partial charge in [-0.3, -0.25) is 98.4 Å². The highest BCUT2D eigenvalue weighted by atomic mass is 16.5. The molecule has 94 heavy (non-hydrogen) atoms. The van der Waals surface area contributed by atoms with Gasteiger partial charge in [-0.2, -0.15) is 0 Å². The molecule has 0 aromatic heterocycles. The fraction of sp³-hybridized carbons (Fsp3) is 0.565. The Hall–Kier alpha value is -8.63. The molecule has 0 fully saturated rings. The van der Waals surface area contributed by atoms with E-state index in [1.807, 2.05) is 0 Å². The number of hydrogen-bond donors (Lipinski definition) is 15. The number of hydrogen-bond acceptors (Lipinski definition) is 24. The van der Waals surface area contributed by atoms with Gasteiger partial charge in [-0.1, -0.05) is 42.5 Å². The van der Waals surface area contributed by atoms with Gasteiger partial charge < -0.3 is 30.0 Å². The Bertz CT molecular complexity index is 2860. The Morgan fingerprint density at radius 1 is 0.372 bits per heavy atom. The molecular formula is C62H88N8O24. The first-order chi connectivity index (χ1) is 44.8. The van der Waals surface area contributed by atoms with E-state index in [1.165, 1.54) is 59.0 Å². The first-order valence-electron chi connectivity index (χ1n) is 30.5. The van der Waals surface area contributed by atoms with E-state index in [9.17, 15) is 103 Å². The summed E-state index contributed by atoms with van der Waals surface area (Å²) in [6, 6.07) is 11.4. The highest BCUT2D eigenvalue weighted by Crippen LogP contribution is 2.30. The molecule has 8 atom stereocenters. The highest BCUT2D eigenvalue weighted by molar-refractivity contribution is 5.98. The van der Waals surface area contributed by atoms with Gasteiger partial charge in [-0.25, -0.2) is 32.9 Å². The van der Waals surface area contributed by atoms with Crippen LogP contribution in [0.25, 0.3) is 0 Å². The maximum absolute atomic E-state index is 14.7. The lowest BCUT2D eigenvalue weighted by Crippen LogP contribution is -2.46. The molecule has 0 spiro atoms. The Labute approximate surface area is 541 Å². The molecule has 520 valence electrons. The molecular weight excluding hydrogens is 1240 g/mol. The zero-order valence-corrected chi connectivity index (χ0v) is 52.6. The first-order valence-corrected chi connectivity index (χ1v) is 30.5. The van der Waals surface area contributed by atoms with Gasteiger partial charge in [-0.15, -0.1) is 0 Å². The number of carbonyl (C=O) groups is 15. The molecule has 0 saturated heterocycles. The molecule has 0 saturated carbocycles. The summed E-state index contributed by atoms with van der Waals surface area (Å²) in [5, 5.41) is 71.0. The van der Waals surface area contributed by atoms with Crippen molar-refractivity contribution >= 4 is 87.7 Å². The van der Waals surface area contributed by atoms with Crippen molar-refractivity contribution in [2.24, 2.45) is 35.5 Å². The van der Waals surface area contributed by atoms with E-state index in [0.717, 1.165) is 0 Å². The molecule has 0 aliphatic carbocycles. The van der Waals surface area contributed by atoms with Crippen LogP contribution < -0.4 is 43.5 Å². The van der Waals surface area contributed by atoms with Gasteiger partial charge in [0.2, 0.25) is 47.3 Å². The zero-order valence-electron chi connectivity index (χ0n) is 52.6. The predicted molar refractivity (Wildman–Crippen MR) is 322 cm³/mol. The van der Waals surface area contributed by atoms with E-state index in [0.29, 0.717) is 11.1 Å². The van der Waals surface area contributed by atoms with Gasteiger partial charge >= 0.3 is 0 Å². The summed E-state index contributed by atoms with van der Waals surface area (Å²) in [6.07, 6.45) is -10.9. The van der Waals surface area contributed by atoms with Crippen molar-refractivity contribution < 1.29 is 118 Å². The SMILES string of the molecule is COCCOCCCC(=O)[C@@H](CCC(=O)NO)NC(=O)[C@H](CCC(=O)NO)CC(=O)[C@H](CCC(=O)NO)CC(=O)[C@H](CCC(=O)NO)CC(=O)[C@H](CCC(=O)NO)CC(=O)[C@H](CCC(=O)NO)CC(=O)[C@@H](Cc1ccccc1)NC(=O)[C@@H](CC(C)=O)Cc1ccc(O)cc1. The average molecular weight is 1330 g/mol. The van der Waals surface area contributed by atoms with Crippen LogP contribution in [-0.4, -0.2) is 163 Å². The largest absolute Gasteiger partial charge is 0.508 e. The molecule has 2 aromatic rings. The van der Waals surface area contributed by atoms with Crippen molar-refractivity contribution in [1.82, 2.24) is 43.5 Å². The van der Waals surface area contributed by atoms with Crippen molar-refractivity contribution in [3.63, 3.8) is 0 Å². The third-order valence-corrected chi connectivity index (χ3v) is 15.6. The van der Waals surface area contributed by atoms with Gasteiger partial charge in [0.25, 0.3) is 0 Å². The molecule has 8 amide bonds. The number of ether oxygens (including phenoxy) is 2. The fourth-order valence-corrected chi connectivity index (χ4v) is 10.3. The third kappa shape index (κ3) is 32.8. The van der Waals surface area contributed by atoms with Crippen LogP contribution in [0.1, 0.15) is 146 Å². The van der Waals surface area contributed by atoms with E-state index in [-0.39, 0.29) is 69.9 Å². The lowest BCUT2D eigenvalue weighted by Gasteiger charge is -2.25. The maximum atomic E-state index is 14.7. The van der Waals surface area contributed by atoms with E-state index < -0.39 is 232 Å². The maximum Gasteiger partial charge on any atom is 0.243 e. The fourth-order valence-electron chi connectivity index (χ4n) is 10.3. The molecule has 32 nitrogen and oxygen atoms in total. The van der Waals surface area contributed by atoms with Gasteiger partial charge in [0, 0.05) is 133 Å². The summed E-state index contributed by atoms with van der Waals surface area (Å²) in [6.45, 7) is 1.84. The first kappa shape index (κ1) is 81.5. The van der Waals surface area contributed by atoms with Crippen molar-refractivity contribution in [3.8, 4) is 5.75 Å². The summed E-state index contributed by atoms with van der Waals surface area (Å²) in [5.74, 6) is -21.9. The zero-order chi connectivity index (χ0) is 70.1. The summed E-state index contributed by atoms with van der Waals surface area (Å²) in [7, 11) is 1.45. The van der Waals surface area contributed by atoms with Crippen molar-refractivity contribution in [2.75, 3.05) is 26.9 Å². The van der Waals surface area contributed by atoms with E-state index in [1.54, 1.807) is 42.5 Å². The van der Waals surface area contributed by atoms with Gasteiger partial charge in [-0.05, 0) is 88.0 Å². The number of phenols is 1. The second-order valence-electron chi connectivity index (χ2n) is 22.7. The highest BCUT2D eigenvalue weighted by Gasteiger charge is 2.37. The quantitative estimate of drug-likeness (QED) is 0.0252. The lowest BCUT2D eigenvalue weighted by molar-refractivity contribution is -0.138. The monoisotopic (exact) mass is 1330 g/mol. The smallest absolute Gasteiger partial charge is 0.243 e. The van der Waals surface area contributed by atoms with Crippen LogP contribution in [0.15, 0.2) is 54.6 Å². The molecule has 2 aromatic carbocycles. The molecule has 0 aliphatic rings. The molecule has 0 heterocycles. The average Bonchev–Trinajstić information content (AvgIpc) is 0.903. The number of nitrogens with one attached hydrogen (secondary N) is 8. The van der Waals surface area contributed by atoms with Crippen LogP contribution in [0.2, 0.25) is 0 Å². The summed E-state index contributed by atoms with van der Waals surface area (Å²) >= 11 is 0. The Kier molecular flexibility index (Phi) is 39.5. The third-order valence-electron chi connectivity index (χ3n) is 15.6. The van der Waals surface area contributed by atoms with Crippen molar-refractivity contribution in [3.05, 3.63) is 65.7 Å². The number of carbonyl (C=O) groups excluding carboxylic acids is 15. The molecule has 0 radical (unpaired) electrons. The lowest BCUT2D eigenvalue weighted by atomic mass is 9.78. The number of methoxy groups -OCH3 is 1. The van der Waals surface area contributed by atoms with Gasteiger partial charge in [0.15, 0.2) is 11.6 Å². The van der Waals surface area contributed by atoms with Crippen LogP contribution in [0.4, 0.5) is 0 Å². The minimum absolute atomic E-state index is 0.0106. The van der Waals surface area contributed by atoms with E-state index in [2.05, 4.69) is 10.6 Å². The predicted octanol–water partition coefficient (Wildman–Crippen LogP) is 1.35. The van der Waals surface area contributed by atoms with Crippen LogP contribution >= 0.6 is 0 Å². The van der Waals surface area contributed by atoms with E-state index >= 15 is 0 Å². The second kappa shape index (κ2) is 45.6. The topological polar surface area (TPSA) is 512 Å². The Morgan fingerprint density at radius 3 is 1.14 bits per heavy atom. The second-order valence-corrected chi connectivity index (χ2v) is 22.7. The normalized spacial score (nSPS) is 13.5. The standard InChI is InChI=1S/C62H88N8O24/c1-37(71)29-45(30-39-10-17-46(72)18-11-39)62(86)64-48(31-38-7-4-3-5-8-38)54(78)35-43(15-23-58(82)68-90)52(76)33-41(13-21-56(80)66-88)50(74)32-40(12-20-55(79)65-87)51(75)34-42(14-22-57(81)67-89)53(77)36-44(16-24-59(83)69-91)61(85)63-47(19-25-60(84)70-92)49(73)9-6-26-94-28-27-93-2/h3-5,7-8,10-11,17-18,40-45,47-48,72,87-92H,6,9,12-16,19-36H2,1-2H3,(H,63,85)(H,64,86)(H,65,79)(H,66,80)(H,67,81)(H,68,82)(H,69,83)(H,70,84)/t40-,41-,42-,43-,44-,45+,47-,48-/m1/s1. The van der Waals surface area contributed by atoms with Gasteiger partial charge in [0.05, 0.1) is 25.3 Å². The molecule has 0 aliphatic heterocycles. The molecule has 0 unspecified atom stereocenters. The molecule has 32 heteroatoms. The van der Waals surface area contributed by atoms with Crippen molar-refractivity contribution in [2.45, 2.75) is 160 Å². The Morgan fingerprint density at radius 2 is 0.734 bits per heavy atom. The summed E-state index contributed by atoms with van der Waals surface area (Å²) in [5.41, 5.74) is 9.54. The molecule has 0 bridgehead atoms. The number of ketones is 7. The van der Waals surface area contributed by atoms with Crippen LogP contribution in [0, 0.1) is 35.5 Å². The number of benzene rings is 2.